The fraction of sp³-hybridized carbons (Fsp3) is 0.500. The van der Waals surface area contributed by atoms with Crippen molar-refractivity contribution < 1.29 is 4.74 Å². The number of nitrogens with zero attached hydrogens (tertiary/aromatic N) is 1. The lowest BCUT2D eigenvalue weighted by Gasteiger charge is -2.26. The molecular formula is C14H19N3O. The molecule has 1 fully saturated rings. The van der Waals surface area contributed by atoms with E-state index in [4.69, 9.17) is 10.5 Å². The fourth-order valence-electron chi connectivity index (χ4n) is 2.67. The molecule has 0 saturated heterocycles. The first kappa shape index (κ1) is 11.5. The minimum Gasteiger partial charge on any atom is -0.490 e. The molecule has 4 nitrogen and oxygen atoms in total. The third kappa shape index (κ3) is 2.20. The zero-order valence-electron chi connectivity index (χ0n) is 10.6. The minimum atomic E-state index is 0.313. The summed E-state index contributed by atoms with van der Waals surface area (Å²) < 4.78 is 6.06. The topological polar surface area (TPSA) is 63.9 Å². The molecular weight excluding hydrogens is 226 g/mol. The lowest BCUT2D eigenvalue weighted by atomic mass is 9.94. The highest BCUT2D eigenvalue weighted by atomic mass is 16.5. The van der Waals surface area contributed by atoms with Gasteiger partial charge in [0.05, 0.1) is 17.8 Å². The van der Waals surface area contributed by atoms with E-state index in [2.05, 4.69) is 29.3 Å². The van der Waals surface area contributed by atoms with Gasteiger partial charge in [-0.2, -0.15) is 5.10 Å². The van der Waals surface area contributed by atoms with Crippen LogP contribution in [0.3, 0.4) is 0 Å². The van der Waals surface area contributed by atoms with E-state index < -0.39 is 0 Å². The molecule has 1 aromatic carbocycles. The number of aromatic amines is 1. The van der Waals surface area contributed by atoms with E-state index in [9.17, 15) is 0 Å². The van der Waals surface area contributed by atoms with Gasteiger partial charge in [0, 0.05) is 11.4 Å². The summed E-state index contributed by atoms with van der Waals surface area (Å²) in [5, 5.41) is 8.17. The first-order valence-electron chi connectivity index (χ1n) is 6.58. The van der Waals surface area contributed by atoms with E-state index in [1.165, 1.54) is 5.56 Å². The highest BCUT2D eigenvalue weighted by Gasteiger charge is 2.20. The summed E-state index contributed by atoms with van der Waals surface area (Å²) in [6.45, 7) is 2.07. The SMILES string of the molecule is Cc1cc(O[C@H]2CC[C@@H](N)CC2)cc2cn[nH]c12. The van der Waals surface area contributed by atoms with Crippen molar-refractivity contribution in [3.63, 3.8) is 0 Å². The number of hydrogen-bond donors (Lipinski definition) is 2. The molecule has 0 aliphatic heterocycles. The molecule has 0 atom stereocenters. The number of H-pyrrole nitrogens is 1. The lowest BCUT2D eigenvalue weighted by Crippen LogP contribution is -2.31. The van der Waals surface area contributed by atoms with Crippen molar-refractivity contribution in [2.24, 2.45) is 5.73 Å². The Bertz CT molecular complexity index is 541. The monoisotopic (exact) mass is 245 g/mol. The van der Waals surface area contributed by atoms with E-state index in [0.29, 0.717) is 12.1 Å². The molecule has 3 rings (SSSR count). The average Bonchev–Trinajstić information content (AvgIpc) is 2.81. The molecule has 0 bridgehead atoms. The third-order valence-electron chi connectivity index (χ3n) is 3.74. The first-order chi connectivity index (χ1) is 8.72. The summed E-state index contributed by atoms with van der Waals surface area (Å²) in [6.07, 6.45) is 6.41. The molecule has 4 heteroatoms. The van der Waals surface area contributed by atoms with Crippen LogP contribution in [0.2, 0.25) is 0 Å². The second kappa shape index (κ2) is 4.61. The van der Waals surface area contributed by atoms with E-state index in [0.717, 1.165) is 42.3 Å². The smallest absolute Gasteiger partial charge is 0.120 e. The normalized spacial score (nSPS) is 24.3. The molecule has 1 heterocycles. The van der Waals surface area contributed by atoms with Crippen LogP contribution < -0.4 is 10.5 Å². The van der Waals surface area contributed by atoms with Gasteiger partial charge in [0.15, 0.2) is 0 Å². The number of ether oxygens (including phenoxy) is 1. The zero-order chi connectivity index (χ0) is 12.5. The summed E-state index contributed by atoms with van der Waals surface area (Å²) in [5.41, 5.74) is 8.17. The third-order valence-corrected chi connectivity index (χ3v) is 3.74. The molecule has 18 heavy (non-hydrogen) atoms. The quantitative estimate of drug-likeness (QED) is 0.854. The molecule has 3 N–H and O–H groups in total. The number of hydrogen-bond acceptors (Lipinski definition) is 3. The van der Waals surface area contributed by atoms with Crippen molar-refractivity contribution in [1.82, 2.24) is 10.2 Å². The summed E-state index contributed by atoms with van der Waals surface area (Å²) >= 11 is 0. The maximum absolute atomic E-state index is 6.06. The number of aryl methyl sites for hydroxylation is 1. The summed E-state index contributed by atoms with van der Waals surface area (Å²) in [4.78, 5) is 0. The molecule has 1 aliphatic rings. The van der Waals surface area contributed by atoms with Crippen LogP contribution in [0.4, 0.5) is 0 Å². The Morgan fingerprint density at radius 3 is 2.83 bits per heavy atom. The van der Waals surface area contributed by atoms with E-state index >= 15 is 0 Å². The van der Waals surface area contributed by atoms with Gasteiger partial charge < -0.3 is 10.5 Å². The zero-order valence-corrected chi connectivity index (χ0v) is 10.6. The Kier molecular flexibility index (Phi) is 2.96. The van der Waals surface area contributed by atoms with Crippen molar-refractivity contribution in [3.05, 3.63) is 23.9 Å². The van der Waals surface area contributed by atoms with Gasteiger partial charge in [0.2, 0.25) is 0 Å². The maximum Gasteiger partial charge on any atom is 0.120 e. The largest absolute Gasteiger partial charge is 0.490 e. The number of aromatic nitrogens is 2. The van der Waals surface area contributed by atoms with Crippen LogP contribution in [-0.2, 0) is 0 Å². The molecule has 1 aromatic heterocycles. The molecule has 2 aromatic rings. The lowest BCUT2D eigenvalue weighted by molar-refractivity contribution is 0.147. The van der Waals surface area contributed by atoms with Crippen LogP contribution in [-0.4, -0.2) is 22.3 Å². The highest BCUT2D eigenvalue weighted by Crippen LogP contribution is 2.27. The van der Waals surface area contributed by atoms with Crippen LogP contribution >= 0.6 is 0 Å². The number of rotatable bonds is 2. The van der Waals surface area contributed by atoms with Gasteiger partial charge in [0.1, 0.15) is 5.75 Å². The Balaban J connectivity index is 1.78. The number of nitrogens with two attached hydrogens (primary N) is 1. The molecule has 0 spiro atoms. The molecule has 1 aliphatic carbocycles. The molecule has 0 unspecified atom stereocenters. The van der Waals surface area contributed by atoms with Crippen molar-refractivity contribution in [2.45, 2.75) is 44.8 Å². The van der Waals surface area contributed by atoms with Crippen LogP contribution in [0.5, 0.6) is 5.75 Å². The minimum absolute atomic E-state index is 0.313. The molecule has 96 valence electrons. The Morgan fingerprint density at radius 2 is 2.06 bits per heavy atom. The van der Waals surface area contributed by atoms with Crippen LogP contribution in [0.1, 0.15) is 31.2 Å². The van der Waals surface area contributed by atoms with Crippen LogP contribution in [0.25, 0.3) is 10.9 Å². The van der Waals surface area contributed by atoms with Gasteiger partial charge in [-0.1, -0.05) is 0 Å². The van der Waals surface area contributed by atoms with Crippen molar-refractivity contribution in [1.29, 1.82) is 0 Å². The van der Waals surface area contributed by atoms with Crippen molar-refractivity contribution in [2.75, 3.05) is 0 Å². The summed E-state index contributed by atoms with van der Waals surface area (Å²) in [7, 11) is 0. The van der Waals surface area contributed by atoms with Gasteiger partial charge in [-0.05, 0) is 50.3 Å². The Hall–Kier alpha value is -1.55. The maximum atomic E-state index is 6.06. The van der Waals surface area contributed by atoms with Gasteiger partial charge in [-0.15, -0.1) is 0 Å². The molecule has 0 amide bonds. The van der Waals surface area contributed by atoms with Crippen LogP contribution in [0, 0.1) is 6.92 Å². The predicted molar refractivity (Wildman–Crippen MR) is 71.7 cm³/mol. The fourth-order valence-corrected chi connectivity index (χ4v) is 2.67. The van der Waals surface area contributed by atoms with Crippen LogP contribution in [0.15, 0.2) is 18.3 Å². The summed E-state index contributed by atoms with van der Waals surface area (Å²) in [5.74, 6) is 0.946. The predicted octanol–water partition coefficient (Wildman–Crippen LogP) is 2.52. The second-order valence-electron chi connectivity index (χ2n) is 5.23. The van der Waals surface area contributed by atoms with E-state index in [1.54, 1.807) is 0 Å². The first-order valence-corrected chi connectivity index (χ1v) is 6.58. The van der Waals surface area contributed by atoms with Gasteiger partial charge in [-0.25, -0.2) is 0 Å². The van der Waals surface area contributed by atoms with E-state index in [1.807, 2.05) is 6.20 Å². The number of benzene rings is 1. The Morgan fingerprint density at radius 1 is 1.28 bits per heavy atom. The summed E-state index contributed by atoms with van der Waals surface area (Å²) in [6, 6.07) is 4.50. The van der Waals surface area contributed by atoms with Gasteiger partial charge in [0.25, 0.3) is 0 Å². The number of fused-ring (bicyclic) bond motifs is 1. The van der Waals surface area contributed by atoms with E-state index in [-0.39, 0.29) is 0 Å². The average molecular weight is 245 g/mol. The van der Waals surface area contributed by atoms with Crippen molar-refractivity contribution >= 4 is 10.9 Å². The van der Waals surface area contributed by atoms with Gasteiger partial charge in [-0.3, -0.25) is 5.10 Å². The highest BCUT2D eigenvalue weighted by molar-refractivity contribution is 5.82. The standard InChI is InChI=1S/C14H19N3O/c1-9-6-13(7-10-8-16-17-14(9)10)18-12-4-2-11(15)3-5-12/h6-8,11-12H,2-5,15H2,1H3,(H,16,17)/t11-,12+. The van der Waals surface area contributed by atoms with Gasteiger partial charge >= 0.3 is 0 Å². The molecule has 1 saturated carbocycles. The van der Waals surface area contributed by atoms with Crippen molar-refractivity contribution in [3.8, 4) is 5.75 Å². The molecule has 0 radical (unpaired) electrons. The number of nitrogens with one attached hydrogen (secondary N) is 1. The second-order valence-corrected chi connectivity index (χ2v) is 5.23. The Labute approximate surface area is 107 Å².